The van der Waals surface area contributed by atoms with Gasteiger partial charge in [0.25, 0.3) is 0 Å². The lowest BCUT2D eigenvalue weighted by Crippen LogP contribution is -2.37. The Morgan fingerprint density at radius 3 is 2.75 bits per heavy atom. The molecular formula is C13H19ClN2. The summed E-state index contributed by atoms with van der Waals surface area (Å²) in [6, 6.07) is 5.73. The fraction of sp³-hybridized carbons (Fsp3) is 0.538. The van der Waals surface area contributed by atoms with Gasteiger partial charge in [-0.2, -0.15) is 0 Å². The van der Waals surface area contributed by atoms with Gasteiger partial charge in [0.2, 0.25) is 0 Å². The Morgan fingerprint density at radius 2 is 2.19 bits per heavy atom. The molecule has 1 heterocycles. The molecule has 1 aliphatic heterocycles. The number of halogens is 1. The minimum absolute atomic E-state index is 0.269. The van der Waals surface area contributed by atoms with Crippen molar-refractivity contribution in [2.24, 2.45) is 0 Å². The van der Waals surface area contributed by atoms with Crippen LogP contribution in [0, 0.1) is 0 Å². The second kappa shape index (κ2) is 4.27. The van der Waals surface area contributed by atoms with Crippen LogP contribution in [0.2, 0.25) is 5.02 Å². The monoisotopic (exact) mass is 238 g/mol. The van der Waals surface area contributed by atoms with E-state index in [1.807, 2.05) is 18.2 Å². The van der Waals surface area contributed by atoms with Crippen LogP contribution < -0.4 is 5.73 Å². The van der Waals surface area contributed by atoms with Gasteiger partial charge in [0.05, 0.1) is 0 Å². The number of hydrogen-bond acceptors (Lipinski definition) is 2. The van der Waals surface area contributed by atoms with Crippen molar-refractivity contribution in [3.63, 3.8) is 0 Å². The Labute approximate surface area is 102 Å². The van der Waals surface area contributed by atoms with Gasteiger partial charge in [-0.05, 0) is 45.4 Å². The van der Waals surface area contributed by atoms with E-state index >= 15 is 0 Å². The summed E-state index contributed by atoms with van der Waals surface area (Å²) in [5.41, 5.74) is 8.12. The van der Waals surface area contributed by atoms with E-state index in [2.05, 4.69) is 18.7 Å². The van der Waals surface area contributed by atoms with Crippen LogP contribution >= 0.6 is 11.6 Å². The Morgan fingerprint density at radius 1 is 1.44 bits per heavy atom. The number of anilines is 1. The molecule has 0 atom stereocenters. The molecule has 1 saturated heterocycles. The van der Waals surface area contributed by atoms with Gasteiger partial charge in [0, 0.05) is 28.4 Å². The van der Waals surface area contributed by atoms with Gasteiger partial charge in [-0.1, -0.05) is 17.7 Å². The lowest BCUT2D eigenvalue weighted by molar-refractivity contribution is 0.167. The highest BCUT2D eigenvalue weighted by Gasteiger charge is 2.32. The molecule has 0 radical (unpaired) electrons. The van der Waals surface area contributed by atoms with E-state index in [0.29, 0.717) is 0 Å². The highest BCUT2D eigenvalue weighted by Crippen LogP contribution is 2.32. The van der Waals surface area contributed by atoms with Crippen LogP contribution in [0.3, 0.4) is 0 Å². The summed E-state index contributed by atoms with van der Waals surface area (Å²) in [6.07, 6.45) is 2.51. The molecule has 3 heteroatoms. The SMILES string of the molecule is CC1(C)CCCN1Cc1c(N)cccc1Cl. The van der Waals surface area contributed by atoms with Gasteiger partial charge < -0.3 is 5.73 Å². The summed E-state index contributed by atoms with van der Waals surface area (Å²) in [5, 5.41) is 0.780. The van der Waals surface area contributed by atoms with Gasteiger partial charge in [0.15, 0.2) is 0 Å². The third-order valence-corrected chi connectivity index (χ3v) is 3.93. The quantitative estimate of drug-likeness (QED) is 0.802. The topological polar surface area (TPSA) is 29.3 Å². The second-order valence-electron chi connectivity index (χ2n) is 5.15. The Hall–Kier alpha value is -0.730. The largest absolute Gasteiger partial charge is 0.398 e. The molecule has 0 saturated carbocycles. The predicted octanol–water partition coefficient (Wildman–Crippen LogP) is 3.30. The minimum atomic E-state index is 0.269. The molecule has 88 valence electrons. The van der Waals surface area contributed by atoms with Gasteiger partial charge in [-0.25, -0.2) is 0 Å². The third-order valence-electron chi connectivity index (χ3n) is 3.58. The van der Waals surface area contributed by atoms with Crippen molar-refractivity contribution >= 4 is 17.3 Å². The van der Waals surface area contributed by atoms with Crippen LogP contribution in [-0.2, 0) is 6.54 Å². The van der Waals surface area contributed by atoms with Crippen molar-refractivity contribution in [1.29, 1.82) is 0 Å². The van der Waals surface area contributed by atoms with Crippen molar-refractivity contribution in [3.05, 3.63) is 28.8 Å². The third kappa shape index (κ3) is 2.18. The summed E-state index contributed by atoms with van der Waals surface area (Å²) >= 11 is 6.19. The molecule has 0 unspecified atom stereocenters. The van der Waals surface area contributed by atoms with E-state index in [4.69, 9.17) is 17.3 Å². The molecule has 1 fully saturated rings. The predicted molar refractivity (Wildman–Crippen MR) is 69.6 cm³/mol. The first-order chi connectivity index (χ1) is 7.50. The second-order valence-corrected chi connectivity index (χ2v) is 5.55. The fourth-order valence-electron chi connectivity index (χ4n) is 2.39. The minimum Gasteiger partial charge on any atom is -0.398 e. The van der Waals surface area contributed by atoms with E-state index in [9.17, 15) is 0 Å². The highest BCUT2D eigenvalue weighted by atomic mass is 35.5. The first-order valence-corrected chi connectivity index (χ1v) is 6.16. The average molecular weight is 239 g/mol. The molecule has 0 aliphatic carbocycles. The average Bonchev–Trinajstić information content (AvgIpc) is 2.52. The lowest BCUT2D eigenvalue weighted by Gasteiger charge is -2.32. The van der Waals surface area contributed by atoms with Crippen molar-refractivity contribution in [3.8, 4) is 0 Å². The van der Waals surface area contributed by atoms with Gasteiger partial charge in [-0.3, -0.25) is 4.90 Å². The Balaban J connectivity index is 2.21. The smallest absolute Gasteiger partial charge is 0.0471 e. The van der Waals surface area contributed by atoms with Gasteiger partial charge in [-0.15, -0.1) is 0 Å². The molecule has 0 aromatic heterocycles. The maximum Gasteiger partial charge on any atom is 0.0471 e. The summed E-state index contributed by atoms with van der Waals surface area (Å²) in [4.78, 5) is 2.46. The van der Waals surface area contributed by atoms with Crippen LogP contribution in [0.5, 0.6) is 0 Å². The molecule has 2 rings (SSSR count). The molecule has 1 aromatic rings. The van der Waals surface area contributed by atoms with Crippen molar-refractivity contribution in [2.75, 3.05) is 12.3 Å². The highest BCUT2D eigenvalue weighted by molar-refractivity contribution is 6.31. The number of nitrogens with zero attached hydrogens (tertiary/aromatic N) is 1. The van der Waals surface area contributed by atoms with E-state index < -0.39 is 0 Å². The molecule has 2 N–H and O–H groups in total. The summed E-state index contributed by atoms with van der Waals surface area (Å²) in [7, 11) is 0. The summed E-state index contributed by atoms with van der Waals surface area (Å²) < 4.78 is 0. The molecule has 1 aliphatic rings. The van der Waals surface area contributed by atoms with E-state index in [-0.39, 0.29) is 5.54 Å². The zero-order valence-corrected chi connectivity index (χ0v) is 10.7. The van der Waals surface area contributed by atoms with E-state index in [1.165, 1.54) is 12.8 Å². The number of rotatable bonds is 2. The molecule has 1 aromatic carbocycles. The van der Waals surface area contributed by atoms with Crippen LogP contribution in [-0.4, -0.2) is 17.0 Å². The number of hydrogen-bond donors (Lipinski definition) is 1. The number of likely N-dealkylation sites (tertiary alicyclic amines) is 1. The maximum atomic E-state index is 6.19. The first kappa shape index (κ1) is 11.7. The Kier molecular flexibility index (Phi) is 3.13. The van der Waals surface area contributed by atoms with Crippen molar-refractivity contribution in [1.82, 2.24) is 4.90 Å². The first-order valence-electron chi connectivity index (χ1n) is 5.78. The number of nitrogens with two attached hydrogens (primary N) is 1. The molecule has 0 amide bonds. The molecule has 2 nitrogen and oxygen atoms in total. The van der Waals surface area contributed by atoms with Gasteiger partial charge in [0.1, 0.15) is 0 Å². The maximum absolute atomic E-state index is 6.19. The summed E-state index contributed by atoms with van der Waals surface area (Å²) in [6.45, 7) is 6.57. The lowest BCUT2D eigenvalue weighted by atomic mass is 10.0. The standard InChI is InChI=1S/C13H19ClN2/c1-13(2)7-4-8-16(13)9-10-11(14)5-3-6-12(10)15/h3,5-6H,4,7-9,15H2,1-2H3. The Bertz CT molecular complexity index is 367. The van der Waals surface area contributed by atoms with Crippen LogP contribution in [0.4, 0.5) is 5.69 Å². The van der Waals surface area contributed by atoms with Crippen molar-refractivity contribution < 1.29 is 0 Å². The van der Waals surface area contributed by atoms with Crippen molar-refractivity contribution in [2.45, 2.75) is 38.8 Å². The molecule has 0 spiro atoms. The number of benzene rings is 1. The van der Waals surface area contributed by atoms with Crippen LogP contribution in [0.15, 0.2) is 18.2 Å². The zero-order chi connectivity index (χ0) is 11.8. The van der Waals surface area contributed by atoms with Gasteiger partial charge >= 0.3 is 0 Å². The molecular weight excluding hydrogens is 220 g/mol. The normalized spacial score (nSPS) is 20.2. The molecule has 16 heavy (non-hydrogen) atoms. The number of nitrogen functional groups attached to an aromatic ring is 1. The van der Waals surface area contributed by atoms with Crippen LogP contribution in [0.25, 0.3) is 0 Å². The van der Waals surface area contributed by atoms with E-state index in [0.717, 1.165) is 29.4 Å². The molecule has 0 bridgehead atoms. The summed E-state index contributed by atoms with van der Waals surface area (Å²) in [5.74, 6) is 0. The zero-order valence-electron chi connectivity index (χ0n) is 9.96. The van der Waals surface area contributed by atoms with E-state index in [1.54, 1.807) is 0 Å². The fourth-order valence-corrected chi connectivity index (χ4v) is 2.63. The van der Waals surface area contributed by atoms with Crippen LogP contribution in [0.1, 0.15) is 32.3 Å².